The summed E-state index contributed by atoms with van der Waals surface area (Å²) < 4.78 is 1.94. The number of aromatic nitrogens is 2. The molecule has 0 aliphatic carbocycles. The van der Waals surface area contributed by atoms with E-state index >= 15 is 0 Å². The Labute approximate surface area is 58.6 Å². The predicted octanol–water partition coefficient (Wildman–Crippen LogP) is 0.374. The second kappa shape index (κ2) is 1.83. The summed E-state index contributed by atoms with van der Waals surface area (Å²) >= 11 is 0. The molecule has 0 aromatic carbocycles. The minimum atomic E-state index is 0.698. The summed E-state index contributed by atoms with van der Waals surface area (Å²) in [6, 6.07) is 0. The number of imidazole rings is 1. The molecule has 0 atom stereocenters. The number of nitrogens with zero attached hydrogens (tertiary/aromatic N) is 3. The van der Waals surface area contributed by atoms with Crippen LogP contribution in [0.15, 0.2) is 11.3 Å². The van der Waals surface area contributed by atoms with Gasteiger partial charge in [-0.1, -0.05) is 0 Å². The molecule has 1 N–H and O–H groups in total. The van der Waals surface area contributed by atoms with Crippen LogP contribution in [-0.4, -0.2) is 15.9 Å². The summed E-state index contributed by atoms with van der Waals surface area (Å²) in [7, 11) is 1.96. The summed E-state index contributed by atoms with van der Waals surface area (Å²) in [5.74, 6) is 1.05. The molecule has 0 spiro atoms. The Bertz CT molecular complexity index is 273. The highest BCUT2D eigenvalue weighted by atomic mass is 15.2. The van der Waals surface area contributed by atoms with Crippen molar-refractivity contribution in [3.05, 3.63) is 12.0 Å². The van der Waals surface area contributed by atoms with Crippen molar-refractivity contribution in [3.63, 3.8) is 0 Å². The first-order valence-corrected chi connectivity index (χ1v) is 3.13. The standard InChI is InChI=1S/C6H8N4/c1-10-4-9-5-2-7-3-8-6(5)10/h3-4H,2H2,1H3,(H,7,8). The Kier molecular flexibility index (Phi) is 1.00. The molecule has 52 valence electrons. The van der Waals surface area contributed by atoms with Gasteiger partial charge in [-0.15, -0.1) is 0 Å². The van der Waals surface area contributed by atoms with E-state index in [1.54, 1.807) is 12.7 Å². The van der Waals surface area contributed by atoms with Crippen LogP contribution >= 0.6 is 0 Å². The molecule has 4 heteroatoms. The zero-order valence-electron chi connectivity index (χ0n) is 5.70. The van der Waals surface area contributed by atoms with Crippen molar-refractivity contribution in [1.29, 1.82) is 0 Å². The zero-order chi connectivity index (χ0) is 6.97. The Morgan fingerprint density at radius 3 is 3.40 bits per heavy atom. The topological polar surface area (TPSA) is 42.2 Å². The van der Waals surface area contributed by atoms with Gasteiger partial charge in [0.15, 0.2) is 0 Å². The smallest absolute Gasteiger partial charge is 0.136 e. The highest BCUT2D eigenvalue weighted by Gasteiger charge is 2.08. The monoisotopic (exact) mass is 136 g/mol. The average Bonchev–Trinajstić information content (AvgIpc) is 2.34. The van der Waals surface area contributed by atoms with Gasteiger partial charge >= 0.3 is 0 Å². The largest absolute Gasteiger partial charge is 0.331 e. The molecule has 0 saturated carbocycles. The Morgan fingerprint density at radius 2 is 2.60 bits per heavy atom. The predicted molar refractivity (Wildman–Crippen MR) is 39.0 cm³/mol. The number of aliphatic imine (C=N–C) groups is 1. The Balaban J connectivity index is 2.50. The van der Waals surface area contributed by atoms with Gasteiger partial charge in [-0.05, 0) is 0 Å². The van der Waals surface area contributed by atoms with Crippen LogP contribution in [0.5, 0.6) is 0 Å². The van der Waals surface area contributed by atoms with E-state index in [4.69, 9.17) is 0 Å². The van der Waals surface area contributed by atoms with E-state index in [1.807, 2.05) is 11.6 Å². The third-order valence-electron chi connectivity index (χ3n) is 1.55. The van der Waals surface area contributed by atoms with Crippen molar-refractivity contribution < 1.29 is 0 Å². The van der Waals surface area contributed by atoms with Crippen LogP contribution in [0.2, 0.25) is 0 Å². The van der Waals surface area contributed by atoms with Gasteiger partial charge in [0.05, 0.1) is 19.2 Å². The lowest BCUT2D eigenvalue weighted by Gasteiger charge is -2.06. The second-order valence-electron chi connectivity index (χ2n) is 2.26. The molecule has 1 aromatic heterocycles. The summed E-state index contributed by atoms with van der Waals surface area (Å²) in [6.07, 6.45) is 3.48. The molecule has 4 nitrogen and oxygen atoms in total. The number of fused-ring (bicyclic) bond motifs is 1. The number of hydrogen-bond acceptors (Lipinski definition) is 3. The van der Waals surface area contributed by atoms with E-state index in [2.05, 4.69) is 15.3 Å². The van der Waals surface area contributed by atoms with Crippen molar-refractivity contribution >= 4 is 12.2 Å². The van der Waals surface area contributed by atoms with E-state index < -0.39 is 0 Å². The van der Waals surface area contributed by atoms with Crippen LogP contribution in [0.4, 0.5) is 5.82 Å². The summed E-state index contributed by atoms with van der Waals surface area (Å²) in [6.45, 7) is 0.698. The average molecular weight is 136 g/mol. The van der Waals surface area contributed by atoms with Gasteiger partial charge in [-0.2, -0.15) is 0 Å². The third kappa shape index (κ3) is 0.618. The van der Waals surface area contributed by atoms with E-state index in [9.17, 15) is 0 Å². The van der Waals surface area contributed by atoms with Gasteiger partial charge in [0.1, 0.15) is 11.5 Å². The van der Waals surface area contributed by atoms with Gasteiger partial charge in [0, 0.05) is 7.05 Å². The molecule has 2 rings (SSSR count). The zero-order valence-corrected chi connectivity index (χ0v) is 5.70. The highest BCUT2D eigenvalue weighted by molar-refractivity contribution is 5.77. The molecule has 0 radical (unpaired) electrons. The summed E-state index contributed by atoms with van der Waals surface area (Å²) in [5.41, 5.74) is 1.02. The maximum atomic E-state index is 4.14. The van der Waals surface area contributed by atoms with Crippen molar-refractivity contribution in [2.75, 3.05) is 5.32 Å². The normalized spacial score (nSPS) is 14.5. The fraction of sp³-hybridized carbons (Fsp3) is 0.333. The molecular formula is C6H8N4. The van der Waals surface area contributed by atoms with Crippen LogP contribution < -0.4 is 5.32 Å². The molecular weight excluding hydrogens is 128 g/mol. The highest BCUT2D eigenvalue weighted by Crippen LogP contribution is 2.15. The van der Waals surface area contributed by atoms with Gasteiger partial charge in [0.25, 0.3) is 0 Å². The number of aryl methyl sites for hydroxylation is 1. The number of anilines is 1. The maximum absolute atomic E-state index is 4.14. The molecule has 0 bridgehead atoms. The van der Waals surface area contributed by atoms with E-state index in [-0.39, 0.29) is 0 Å². The molecule has 0 saturated heterocycles. The minimum absolute atomic E-state index is 0.698. The molecule has 10 heavy (non-hydrogen) atoms. The van der Waals surface area contributed by atoms with Crippen LogP contribution in [-0.2, 0) is 13.6 Å². The maximum Gasteiger partial charge on any atom is 0.136 e. The fourth-order valence-electron chi connectivity index (χ4n) is 1.02. The molecule has 1 aromatic rings. The van der Waals surface area contributed by atoms with E-state index in [1.165, 1.54) is 0 Å². The lowest BCUT2D eigenvalue weighted by atomic mass is 10.4. The van der Waals surface area contributed by atoms with Gasteiger partial charge in [-0.25, -0.2) is 4.98 Å². The fourth-order valence-corrected chi connectivity index (χ4v) is 1.02. The quantitative estimate of drug-likeness (QED) is 0.560. The number of nitrogens with one attached hydrogen (secondary N) is 1. The lowest BCUT2D eigenvalue weighted by molar-refractivity contribution is 0.919. The van der Waals surface area contributed by atoms with Gasteiger partial charge < -0.3 is 9.88 Å². The van der Waals surface area contributed by atoms with Gasteiger partial charge in [-0.3, -0.25) is 4.99 Å². The van der Waals surface area contributed by atoms with Crippen LogP contribution in [0.3, 0.4) is 0 Å². The summed E-state index contributed by atoms with van der Waals surface area (Å²) in [4.78, 5) is 8.16. The molecule has 0 amide bonds. The van der Waals surface area contributed by atoms with Crippen molar-refractivity contribution in [3.8, 4) is 0 Å². The van der Waals surface area contributed by atoms with Crippen molar-refractivity contribution in [2.24, 2.45) is 12.0 Å². The molecule has 0 fully saturated rings. The Morgan fingerprint density at radius 1 is 1.70 bits per heavy atom. The van der Waals surface area contributed by atoms with E-state index in [0.717, 1.165) is 11.5 Å². The molecule has 1 aliphatic heterocycles. The van der Waals surface area contributed by atoms with Crippen LogP contribution in [0.1, 0.15) is 5.69 Å². The van der Waals surface area contributed by atoms with E-state index in [0.29, 0.717) is 6.54 Å². The van der Waals surface area contributed by atoms with Crippen LogP contribution in [0, 0.1) is 0 Å². The SMILES string of the molecule is Cn1cnc2c1NC=NC2. The number of hydrogen-bond donors (Lipinski definition) is 1. The van der Waals surface area contributed by atoms with Crippen molar-refractivity contribution in [2.45, 2.75) is 6.54 Å². The second-order valence-corrected chi connectivity index (χ2v) is 2.26. The minimum Gasteiger partial charge on any atom is -0.331 e. The first kappa shape index (κ1) is 5.46. The molecule has 2 heterocycles. The third-order valence-corrected chi connectivity index (χ3v) is 1.55. The van der Waals surface area contributed by atoms with Crippen LogP contribution in [0.25, 0.3) is 0 Å². The first-order chi connectivity index (χ1) is 4.88. The first-order valence-electron chi connectivity index (χ1n) is 3.13. The van der Waals surface area contributed by atoms with Crippen molar-refractivity contribution in [1.82, 2.24) is 9.55 Å². The summed E-state index contributed by atoms with van der Waals surface area (Å²) in [5, 5.41) is 3.02. The van der Waals surface area contributed by atoms with Gasteiger partial charge in [0.2, 0.25) is 0 Å². The number of rotatable bonds is 0. The lowest BCUT2D eigenvalue weighted by Crippen LogP contribution is -2.07. The molecule has 0 unspecified atom stereocenters. The molecule has 1 aliphatic rings. The Hall–Kier alpha value is -1.32.